The number of unbranched alkanes of at least 4 members (excludes halogenated alkanes) is 1. The SMILES string of the molecule is CCCC/C(=C(/CC1=CC=CCC1)c1cccc(F)c1)N(CC1CCC(CCC)CC1)OC#N. The quantitative estimate of drug-likeness (QED) is 0.229. The predicted molar refractivity (Wildman–Crippen MR) is 138 cm³/mol. The van der Waals surface area contributed by atoms with Gasteiger partial charge in [-0.05, 0) is 80.1 Å². The van der Waals surface area contributed by atoms with Gasteiger partial charge >= 0.3 is 6.26 Å². The van der Waals surface area contributed by atoms with Crippen LogP contribution >= 0.6 is 0 Å². The Morgan fingerprint density at radius 3 is 2.59 bits per heavy atom. The minimum absolute atomic E-state index is 0.232. The number of hydrogen-bond donors (Lipinski definition) is 0. The molecule has 4 heteroatoms. The zero-order valence-corrected chi connectivity index (χ0v) is 21.1. The number of halogens is 1. The van der Waals surface area contributed by atoms with E-state index in [-0.39, 0.29) is 5.82 Å². The molecule has 0 unspecified atom stereocenters. The van der Waals surface area contributed by atoms with Crippen LogP contribution in [0.3, 0.4) is 0 Å². The number of benzene rings is 1. The highest BCUT2D eigenvalue weighted by Crippen LogP contribution is 2.36. The first-order chi connectivity index (χ1) is 16.6. The standard InChI is InChI=1S/C30H41FN2O/c1-3-5-15-30(33(34-23-32)22-26-18-16-24(10-4-2)17-19-26)29(20-25-11-7-6-8-12-25)27-13-9-14-28(31)21-27/h6-7,9,11,13-14,21,24,26H,3-5,8,10,12,15-20,22H2,1-2H3/b30-29+. The lowest BCUT2D eigenvalue weighted by molar-refractivity contribution is -0.0753. The van der Waals surface area contributed by atoms with Crippen molar-refractivity contribution in [2.75, 3.05) is 6.54 Å². The van der Waals surface area contributed by atoms with Gasteiger partial charge in [-0.25, -0.2) is 9.45 Å². The van der Waals surface area contributed by atoms with E-state index in [4.69, 9.17) is 4.84 Å². The summed E-state index contributed by atoms with van der Waals surface area (Å²) in [6.07, 6.45) is 21.6. The summed E-state index contributed by atoms with van der Waals surface area (Å²) in [6, 6.07) is 6.89. The Kier molecular flexibility index (Phi) is 10.7. The monoisotopic (exact) mass is 464 g/mol. The summed E-state index contributed by atoms with van der Waals surface area (Å²) in [5.74, 6) is 1.13. The first-order valence-electron chi connectivity index (χ1n) is 13.3. The Hall–Kier alpha value is -2.54. The van der Waals surface area contributed by atoms with Crippen LogP contribution in [0, 0.1) is 29.2 Å². The van der Waals surface area contributed by atoms with Crippen molar-refractivity contribution in [2.45, 2.75) is 90.9 Å². The van der Waals surface area contributed by atoms with Gasteiger partial charge in [-0.15, -0.1) is 5.26 Å². The first-order valence-corrected chi connectivity index (χ1v) is 13.3. The van der Waals surface area contributed by atoms with Crippen molar-refractivity contribution >= 4 is 5.57 Å². The molecule has 0 N–H and O–H groups in total. The largest absolute Gasteiger partial charge is 0.314 e. The van der Waals surface area contributed by atoms with Gasteiger partial charge in [-0.3, -0.25) is 4.84 Å². The highest BCUT2D eigenvalue weighted by atomic mass is 19.1. The maximum absolute atomic E-state index is 14.3. The summed E-state index contributed by atoms with van der Waals surface area (Å²) in [4.78, 5) is 5.65. The predicted octanol–water partition coefficient (Wildman–Crippen LogP) is 8.71. The molecule has 0 bridgehead atoms. The lowest BCUT2D eigenvalue weighted by atomic mass is 9.80. The summed E-state index contributed by atoms with van der Waals surface area (Å²) in [6.45, 7) is 5.17. The van der Waals surface area contributed by atoms with Crippen molar-refractivity contribution < 1.29 is 9.23 Å². The Morgan fingerprint density at radius 1 is 1.15 bits per heavy atom. The average molecular weight is 465 g/mol. The number of nitriles is 1. The molecule has 0 saturated heterocycles. The summed E-state index contributed by atoms with van der Waals surface area (Å²) in [5.41, 5.74) is 4.36. The summed E-state index contributed by atoms with van der Waals surface area (Å²) in [7, 11) is 0. The smallest absolute Gasteiger partial charge is 0.299 e. The van der Waals surface area contributed by atoms with Gasteiger partial charge in [0, 0.05) is 0 Å². The van der Waals surface area contributed by atoms with E-state index in [0.717, 1.165) is 67.8 Å². The third-order valence-electron chi connectivity index (χ3n) is 7.33. The number of allylic oxidation sites excluding steroid dienone is 6. The molecule has 1 fully saturated rings. The summed E-state index contributed by atoms with van der Waals surface area (Å²) in [5, 5.41) is 11.4. The number of rotatable bonds is 12. The molecule has 34 heavy (non-hydrogen) atoms. The van der Waals surface area contributed by atoms with Crippen LogP contribution in [-0.2, 0) is 4.84 Å². The topological polar surface area (TPSA) is 36.3 Å². The molecule has 2 aliphatic carbocycles. The fourth-order valence-electron chi connectivity index (χ4n) is 5.44. The van der Waals surface area contributed by atoms with Crippen molar-refractivity contribution in [1.82, 2.24) is 5.06 Å². The van der Waals surface area contributed by atoms with Gasteiger partial charge in [-0.2, -0.15) is 0 Å². The van der Waals surface area contributed by atoms with Crippen LogP contribution in [0.15, 0.2) is 53.8 Å². The number of hydrogen-bond acceptors (Lipinski definition) is 3. The lowest BCUT2D eigenvalue weighted by Gasteiger charge is -2.34. The maximum atomic E-state index is 14.3. The van der Waals surface area contributed by atoms with Gasteiger partial charge in [-0.1, -0.05) is 81.9 Å². The van der Waals surface area contributed by atoms with Crippen molar-refractivity contribution in [3.05, 3.63) is 65.1 Å². The highest BCUT2D eigenvalue weighted by molar-refractivity contribution is 5.70. The molecule has 0 spiro atoms. The van der Waals surface area contributed by atoms with Gasteiger partial charge in [0.25, 0.3) is 0 Å². The van der Waals surface area contributed by atoms with Gasteiger partial charge < -0.3 is 0 Å². The fraction of sp³-hybridized carbons (Fsp3) is 0.567. The van der Waals surface area contributed by atoms with Crippen LogP contribution in [0.25, 0.3) is 5.57 Å². The maximum Gasteiger partial charge on any atom is 0.314 e. The third kappa shape index (κ3) is 7.76. The molecular weight excluding hydrogens is 423 g/mol. The van der Waals surface area contributed by atoms with Crippen LogP contribution in [-0.4, -0.2) is 11.6 Å². The molecule has 0 amide bonds. The zero-order valence-electron chi connectivity index (χ0n) is 21.1. The van der Waals surface area contributed by atoms with E-state index in [1.165, 1.54) is 50.2 Å². The van der Waals surface area contributed by atoms with Crippen molar-refractivity contribution in [2.24, 2.45) is 11.8 Å². The molecule has 0 radical (unpaired) electrons. The molecule has 0 atom stereocenters. The molecular formula is C30H41FN2O. The Balaban J connectivity index is 1.95. The highest BCUT2D eigenvalue weighted by Gasteiger charge is 2.26. The second-order valence-electron chi connectivity index (χ2n) is 9.93. The van der Waals surface area contributed by atoms with Crippen molar-refractivity contribution in [3.63, 3.8) is 0 Å². The Morgan fingerprint density at radius 2 is 1.94 bits per heavy atom. The van der Waals surface area contributed by atoms with E-state index in [9.17, 15) is 9.65 Å². The zero-order chi connectivity index (χ0) is 24.2. The second kappa shape index (κ2) is 14.0. The molecule has 1 aromatic rings. The van der Waals surface area contributed by atoms with Gasteiger partial charge in [0.2, 0.25) is 0 Å². The first kappa shape index (κ1) is 26.1. The number of hydroxylamine groups is 2. The van der Waals surface area contributed by atoms with E-state index >= 15 is 0 Å². The Bertz CT molecular complexity index is 903. The van der Waals surface area contributed by atoms with Crippen LogP contribution in [0.1, 0.15) is 96.5 Å². The molecule has 1 saturated carbocycles. The molecule has 0 aliphatic heterocycles. The Labute approximate surface area is 205 Å². The van der Waals surface area contributed by atoms with Crippen LogP contribution in [0.5, 0.6) is 0 Å². The van der Waals surface area contributed by atoms with Crippen molar-refractivity contribution in [3.8, 4) is 6.26 Å². The second-order valence-corrected chi connectivity index (χ2v) is 9.93. The molecule has 2 aliphatic rings. The molecule has 3 nitrogen and oxygen atoms in total. The van der Waals surface area contributed by atoms with Gasteiger partial charge in [0.15, 0.2) is 0 Å². The van der Waals surface area contributed by atoms with Crippen molar-refractivity contribution in [1.29, 1.82) is 5.26 Å². The van der Waals surface area contributed by atoms with Gasteiger partial charge in [0.1, 0.15) is 5.82 Å². The van der Waals surface area contributed by atoms with E-state index in [2.05, 4.69) is 32.1 Å². The average Bonchev–Trinajstić information content (AvgIpc) is 2.85. The van der Waals surface area contributed by atoms with E-state index in [0.29, 0.717) is 5.92 Å². The van der Waals surface area contributed by atoms with E-state index < -0.39 is 0 Å². The molecule has 3 rings (SSSR count). The minimum atomic E-state index is -0.232. The summed E-state index contributed by atoms with van der Waals surface area (Å²) < 4.78 is 14.3. The fourth-order valence-corrected chi connectivity index (χ4v) is 5.44. The van der Waals surface area contributed by atoms with Gasteiger partial charge in [0.05, 0.1) is 12.2 Å². The molecule has 184 valence electrons. The number of nitrogens with zero attached hydrogens (tertiary/aromatic N) is 2. The van der Waals surface area contributed by atoms with E-state index in [1.54, 1.807) is 12.1 Å². The normalized spacial score (nSPS) is 20.8. The molecule has 0 aromatic heterocycles. The minimum Gasteiger partial charge on any atom is -0.299 e. The van der Waals surface area contributed by atoms with Crippen LogP contribution < -0.4 is 0 Å². The van der Waals surface area contributed by atoms with Crippen LogP contribution in [0.2, 0.25) is 0 Å². The summed E-state index contributed by atoms with van der Waals surface area (Å²) >= 11 is 0. The lowest BCUT2D eigenvalue weighted by Crippen LogP contribution is -2.31. The molecule has 1 aromatic carbocycles. The molecule has 0 heterocycles. The third-order valence-corrected chi connectivity index (χ3v) is 7.33. The van der Waals surface area contributed by atoms with E-state index in [1.807, 2.05) is 17.4 Å². The van der Waals surface area contributed by atoms with Crippen LogP contribution in [0.4, 0.5) is 4.39 Å².